The fourth-order valence-electron chi connectivity index (χ4n) is 1.04. The highest BCUT2D eigenvalue weighted by Gasteiger charge is 2.14. The molecule has 0 aromatic heterocycles. The monoisotopic (exact) mass is 198 g/mol. The van der Waals surface area contributed by atoms with E-state index < -0.39 is 23.4 Å². The predicted octanol–water partition coefficient (Wildman–Crippen LogP) is 1.58. The van der Waals surface area contributed by atoms with Crippen LogP contribution < -0.4 is 5.73 Å². The Kier molecular flexibility index (Phi) is 2.99. The lowest BCUT2D eigenvalue weighted by Crippen LogP contribution is -2.11. The molecule has 1 atom stereocenters. The SMILES string of the molecule is N#CCC(N)c1cc(F)c(O)cc1F. The Bertz CT molecular complexity index is 387. The van der Waals surface area contributed by atoms with Crippen molar-refractivity contribution in [1.82, 2.24) is 0 Å². The first-order chi connectivity index (χ1) is 6.56. The van der Waals surface area contributed by atoms with E-state index in [-0.39, 0.29) is 12.0 Å². The summed E-state index contributed by atoms with van der Waals surface area (Å²) >= 11 is 0. The number of nitrogens with zero attached hydrogens (tertiary/aromatic N) is 1. The summed E-state index contributed by atoms with van der Waals surface area (Å²) < 4.78 is 25.9. The highest BCUT2D eigenvalue weighted by molar-refractivity contribution is 5.31. The number of hydrogen-bond donors (Lipinski definition) is 2. The van der Waals surface area contributed by atoms with E-state index >= 15 is 0 Å². The van der Waals surface area contributed by atoms with Gasteiger partial charge >= 0.3 is 0 Å². The number of benzene rings is 1. The van der Waals surface area contributed by atoms with Crippen LogP contribution in [0.15, 0.2) is 12.1 Å². The predicted molar refractivity (Wildman–Crippen MR) is 45.2 cm³/mol. The Labute approximate surface area is 79.4 Å². The zero-order valence-corrected chi connectivity index (χ0v) is 7.17. The summed E-state index contributed by atoms with van der Waals surface area (Å²) in [5.41, 5.74) is 5.31. The molecular formula is C9H8F2N2O. The molecule has 0 aliphatic rings. The Morgan fingerprint density at radius 3 is 2.64 bits per heavy atom. The summed E-state index contributed by atoms with van der Waals surface area (Å²) in [7, 11) is 0. The van der Waals surface area contributed by atoms with Gasteiger partial charge in [-0.3, -0.25) is 0 Å². The van der Waals surface area contributed by atoms with Gasteiger partial charge in [-0.25, -0.2) is 8.78 Å². The number of halogens is 2. The first kappa shape index (κ1) is 10.4. The number of nitrogens with two attached hydrogens (primary N) is 1. The van der Waals surface area contributed by atoms with Gasteiger partial charge in [-0.2, -0.15) is 5.26 Å². The molecule has 1 rings (SSSR count). The van der Waals surface area contributed by atoms with Gasteiger partial charge in [0.25, 0.3) is 0 Å². The second-order valence-electron chi connectivity index (χ2n) is 2.79. The van der Waals surface area contributed by atoms with E-state index in [9.17, 15) is 8.78 Å². The standard InChI is InChI=1S/C9H8F2N2O/c10-6-4-9(14)7(11)3-5(6)8(13)1-2-12/h3-4,8,14H,1,13H2. The van der Waals surface area contributed by atoms with Gasteiger partial charge in [0.1, 0.15) is 5.82 Å². The lowest BCUT2D eigenvalue weighted by molar-refractivity contribution is 0.423. The van der Waals surface area contributed by atoms with Crippen LogP contribution in [0.2, 0.25) is 0 Å². The van der Waals surface area contributed by atoms with Crippen molar-refractivity contribution < 1.29 is 13.9 Å². The zero-order chi connectivity index (χ0) is 10.7. The summed E-state index contributed by atoms with van der Waals surface area (Å²) in [6, 6.07) is 2.31. The average molecular weight is 198 g/mol. The Morgan fingerprint density at radius 1 is 1.43 bits per heavy atom. The van der Waals surface area contributed by atoms with Gasteiger partial charge in [-0.05, 0) is 6.07 Å². The highest BCUT2D eigenvalue weighted by Crippen LogP contribution is 2.24. The molecule has 3 nitrogen and oxygen atoms in total. The molecule has 0 saturated heterocycles. The molecule has 0 saturated carbocycles. The van der Waals surface area contributed by atoms with Gasteiger partial charge in [0.2, 0.25) is 0 Å². The van der Waals surface area contributed by atoms with E-state index in [0.29, 0.717) is 6.07 Å². The van der Waals surface area contributed by atoms with E-state index in [1.165, 1.54) is 0 Å². The third-order valence-electron chi connectivity index (χ3n) is 1.78. The molecule has 1 unspecified atom stereocenters. The van der Waals surface area contributed by atoms with Crippen molar-refractivity contribution in [3.8, 4) is 11.8 Å². The number of aromatic hydroxyl groups is 1. The van der Waals surface area contributed by atoms with Gasteiger partial charge in [0, 0.05) is 17.7 Å². The lowest BCUT2D eigenvalue weighted by atomic mass is 10.0. The number of phenolic OH excluding ortho intramolecular Hbond substituents is 1. The summed E-state index contributed by atoms with van der Waals surface area (Å²) in [4.78, 5) is 0. The van der Waals surface area contributed by atoms with Crippen molar-refractivity contribution in [2.75, 3.05) is 0 Å². The molecule has 0 heterocycles. The third kappa shape index (κ3) is 1.98. The number of phenols is 1. The van der Waals surface area contributed by atoms with Gasteiger partial charge in [-0.1, -0.05) is 0 Å². The van der Waals surface area contributed by atoms with Crippen molar-refractivity contribution >= 4 is 0 Å². The Morgan fingerprint density at radius 2 is 2.07 bits per heavy atom. The third-order valence-corrected chi connectivity index (χ3v) is 1.78. The molecule has 0 aliphatic carbocycles. The number of nitriles is 1. The van der Waals surface area contributed by atoms with Gasteiger partial charge in [0.05, 0.1) is 12.5 Å². The van der Waals surface area contributed by atoms with Crippen molar-refractivity contribution in [2.24, 2.45) is 5.73 Å². The fraction of sp³-hybridized carbons (Fsp3) is 0.222. The van der Waals surface area contributed by atoms with E-state index in [1.807, 2.05) is 0 Å². The van der Waals surface area contributed by atoms with Crippen LogP contribution in [0.5, 0.6) is 5.75 Å². The molecule has 3 N–H and O–H groups in total. The van der Waals surface area contributed by atoms with Crippen LogP contribution in [0.4, 0.5) is 8.78 Å². The minimum atomic E-state index is -0.949. The molecule has 1 aromatic carbocycles. The minimum Gasteiger partial charge on any atom is -0.505 e. The first-order valence-electron chi connectivity index (χ1n) is 3.86. The maximum Gasteiger partial charge on any atom is 0.165 e. The molecule has 0 bridgehead atoms. The zero-order valence-electron chi connectivity index (χ0n) is 7.17. The smallest absolute Gasteiger partial charge is 0.165 e. The van der Waals surface area contributed by atoms with E-state index in [4.69, 9.17) is 16.1 Å². The van der Waals surface area contributed by atoms with E-state index in [2.05, 4.69) is 0 Å². The largest absolute Gasteiger partial charge is 0.505 e. The Hall–Kier alpha value is -1.67. The summed E-state index contributed by atoms with van der Waals surface area (Å²) in [5.74, 6) is -2.53. The maximum atomic E-state index is 13.1. The molecule has 0 radical (unpaired) electrons. The summed E-state index contributed by atoms with van der Waals surface area (Å²) in [5, 5.41) is 17.1. The fourth-order valence-corrected chi connectivity index (χ4v) is 1.04. The quantitative estimate of drug-likeness (QED) is 0.757. The van der Waals surface area contributed by atoms with Crippen LogP contribution in [0.25, 0.3) is 0 Å². The van der Waals surface area contributed by atoms with Crippen LogP contribution in [-0.4, -0.2) is 5.11 Å². The number of hydrogen-bond acceptors (Lipinski definition) is 3. The lowest BCUT2D eigenvalue weighted by Gasteiger charge is -2.09. The molecule has 0 amide bonds. The molecule has 0 aliphatic heterocycles. The topological polar surface area (TPSA) is 70.0 Å². The van der Waals surface area contributed by atoms with Gasteiger partial charge < -0.3 is 10.8 Å². The minimum absolute atomic E-state index is 0.109. The normalized spacial score (nSPS) is 12.1. The van der Waals surface area contributed by atoms with Crippen LogP contribution in [0.1, 0.15) is 18.0 Å². The van der Waals surface area contributed by atoms with E-state index in [1.54, 1.807) is 6.07 Å². The summed E-state index contributed by atoms with van der Waals surface area (Å²) in [6.07, 6.45) is -0.110. The van der Waals surface area contributed by atoms with Crippen LogP contribution in [-0.2, 0) is 0 Å². The van der Waals surface area contributed by atoms with Crippen LogP contribution in [0.3, 0.4) is 0 Å². The van der Waals surface area contributed by atoms with Crippen molar-refractivity contribution in [3.63, 3.8) is 0 Å². The van der Waals surface area contributed by atoms with Crippen LogP contribution in [0, 0.1) is 23.0 Å². The van der Waals surface area contributed by atoms with E-state index in [0.717, 1.165) is 6.07 Å². The number of rotatable bonds is 2. The average Bonchev–Trinajstić information content (AvgIpc) is 2.11. The van der Waals surface area contributed by atoms with Crippen molar-refractivity contribution in [3.05, 3.63) is 29.3 Å². The molecule has 0 fully saturated rings. The molecule has 74 valence electrons. The van der Waals surface area contributed by atoms with Gasteiger partial charge in [-0.15, -0.1) is 0 Å². The molecule has 5 heteroatoms. The molecule has 0 spiro atoms. The second-order valence-corrected chi connectivity index (χ2v) is 2.79. The van der Waals surface area contributed by atoms with Crippen LogP contribution >= 0.6 is 0 Å². The highest BCUT2D eigenvalue weighted by atomic mass is 19.1. The van der Waals surface area contributed by atoms with Gasteiger partial charge in [0.15, 0.2) is 11.6 Å². The second kappa shape index (κ2) is 4.03. The van der Waals surface area contributed by atoms with Crippen molar-refractivity contribution in [2.45, 2.75) is 12.5 Å². The Balaban J connectivity index is 3.10. The molecule has 14 heavy (non-hydrogen) atoms. The first-order valence-corrected chi connectivity index (χ1v) is 3.86. The molecular weight excluding hydrogens is 190 g/mol. The maximum absolute atomic E-state index is 13.1. The summed E-state index contributed by atoms with van der Waals surface area (Å²) in [6.45, 7) is 0. The molecule has 1 aromatic rings. The van der Waals surface area contributed by atoms with Crippen molar-refractivity contribution in [1.29, 1.82) is 5.26 Å².